The predicted molar refractivity (Wildman–Crippen MR) is 81.6 cm³/mol. The topological polar surface area (TPSA) is 37.8 Å². The minimum Gasteiger partial charge on any atom is -0.305 e. The van der Waals surface area contributed by atoms with Gasteiger partial charge in [-0.1, -0.05) is 35.9 Å². The van der Waals surface area contributed by atoms with E-state index in [0.29, 0.717) is 5.69 Å². The molecule has 0 amide bonds. The molecule has 1 aromatic heterocycles. The Bertz CT molecular complexity index is 889. The average molecular weight is 318 g/mol. The number of rotatable bonds is 2. The molecule has 0 fully saturated rings. The summed E-state index contributed by atoms with van der Waals surface area (Å²) in [7, 11) is 0. The molecule has 0 aliphatic carbocycles. The molecule has 3 rings (SSSR count). The van der Waals surface area contributed by atoms with Crippen molar-refractivity contribution in [3.8, 4) is 16.9 Å². The van der Waals surface area contributed by atoms with Crippen LogP contribution >= 0.6 is 0 Å². The van der Waals surface area contributed by atoms with Crippen LogP contribution in [0.1, 0.15) is 11.1 Å². The van der Waals surface area contributed by atoms with Gasteiger partial charge in [0.25, 0.3) is 0 Å². The Balaban J connectivity index is 2.05. The minimum absolute atomic E-state index is 0.166. The van der Waals surface area contributed by atoms with Gasteiger partial charge in [-0.2, -0.15) is 13.2 Å². The number of nitrogens with zero attached hydrogens (tertiary/aromatic N) is 1. The molecule has 3 nitrogen and oxygen atoms in total. The molecule has 0 unspecified atom stereocenters. The number of nitrogens with one attached hydrogen (secondary N) is 1. The lowest BCUT2D eigenvalue weighted by atomic mass is 10.1. The Morgan fingerprint density at radius 1 is 1.04 bits per heavy atom. The van der Waals surface area contributed by atoms with Crippen molar-refractivity contribution < 1.29 is 13.2 Å². The smallest absolute Gasteiger partial charge is 0.305 e. The highest BCUT2D eigenvalue weighted by Crippen LogP contribution is 2.30. The van der Waals surface area contributed by atoms with Crippen LogP contribution in [0.3, 0.4) is 0 Å². The molecular formula is C17H13F3N2O. The van der Waals surface area contributed by atoms with E-state index in [9.17, 15) is 18.0 Å². The summed E-state index contributed by atoms with van der Waals surface area (Å²) < 4.78 is 39.6. The van der Waals surface area contributed by atoms with E-state index >= 15 is 0 Å². The SMILES string of the molecule is Cc1ccc(-c2cn(-c3cccc(C(F)(F)F)c3)c(=O)[nH]2)cc1. The van der Waals surface area contributed by atoms with E-state index in [2.05, 4.69) is 4.98 Å². The van der Waals surface area contributed by atoms with Gasteiger partial charge in [0, 0.05) is 6.20 Å². The van der Waals surface area contributed by atoms with Crippen molar-refractivity contribution >= 4 is 0 Å². The number of imidazole rings is 1. The maximum Gasteiger partial charge on any atom is 0.416 e. The van der Waals surface area contributed by atoms with E-state index in [-0.39, 0.29) is 5.69 Å². The van der Waals surface area contributed by atoms with Gasteiger partial charge in [-0.15, -0.1) is 0 Å². The number of halogens is 3. The second-order valence-electron chi connectivity index (χ2n) is 5.26. The minimum atomic E-state index is -4.45. The number of aryl methyl sites for hydroxylation is 1. The zero-order valence-electron chi connectivity index (χ0n) is 12.2. The molecule has 0 bridgehead atoms. The summed E-state index contributed by atoms with van der Waals surface area (Å²) in [6.07, 6.45) is -2.95. The molecule has 0 aliphatic rings. The summed E-state index contributed by atoms with van der Waals surface area (Å²) in [5.74, 6) is 0. The van der Waals surface area contributed by atoms with Gasteiger partial charge >= 0.3 is 11.9 Å². The molecule has 2 aromatic carbocycles. The first-order valence-electron chi connectivity index (χ1n) is 6.91. The number of H-pyrrole nitrogens is 1. The number of hydrogen-bond acceptors (Lipinski definition) is 1. The molecule has 0 radical (unpaired) electrons. The second kappa shape index (κ2) is 5.46. The van der Waals surface area contributed by atoms with E-state index in [0.717, 1.165) is 23.3 Å². The number of hydrogen-bond donors (Lipinski definition) is 1. The molecule has 0 saturated carbocycles. The lowest BCUT2D eigenvalue weighted by Gasteiger charge is -2.08. The van der Waals surface area contributed by atoms with Crippen molar-refractivity contribution in [1.29, 1.82) is 0 Å². The molecule has 3 aromatic rings. The first-order valence-corrected chi connectivity index (χ1v) is 6.91. The summed E-state index contributed by atoms with van der Waals surface area (Å²) in [5.41, 5.74) is 1.30. The monoisotopic (exact) mass is 318 g/mol. The van der Waals surface area contributed by atoms with Crippen LogP contribution in [0.5, 0.6) is 0 Å². The summed E-state index contributed by atoms with van der Waals surface area (Å²) in [6, 6.07) is 12.2. The fraction of sp³-hybridized carbons (Fsp3) is 0.118. The summed E-state index contributed by atoms with van der Waals surface area (Å²) >= 11 is 0. The Morgan fingerprint density at radius 3 is 2.39 bits per heavy atom. The van der Waals surface area contributed by atoms with Gasteiger partial charge in [-0.05, 0) is 30.7 Å². The predicted octanol–water partition coefficient (Wildman–Crippen LogP) is 4.16. The van der Waals surface area contributed by atoms with E-state index < -0.39 is 17.4 Å². The molecule has 0 atom stereocenters. The maximum absolute atomic E-state index is 12.8. The Kier molecular flexibility index (Phi) is 3.60. The van der Waals surface area contributed by atoms with Crippen LogP contribution in [0.15, 0.2) is 59.5 Å². The lowest BCUT2D eigenvalue weighted by Crippen LogP contribution is -2.15. The fourth-order valence-corrected chi connectivity index (χ4v) is 2.30. The van der Waals surface area contributed by atoms with Crippen LogP contribution in [-0.2, 0) is 6.18 Å². The highest BCUT2D eigenvalue weighted by Gasteiger charge is 2.30. The maximum atomic E-state index is 12.8. The van der Waals surface area contributed by atoms with Crippen molar-refractivity contribution in [3.05, 3.63) is 76.3 Å². The van der Waals surface area contributed by atoms with Crippen molar-refractivity contribution in [2.45, 2.75) is 13.1 Å². The van der Waals surface area contributed by atoms with Crippen molar-refractivity contribution in [1.82, 2.24) is 9.55 Å². The normalized spacial score (nSPS) is 11.7. The van der Waals surface area contributed by atoms with Gasteiger partial charge in [0.1, 0.15) is 0 Å². The van der Waals surface area contributed by atoms with Gasteiger partial charge in [0.05, 0.1) is 16.9 Å². The van der Waals surface area contributed by atoms with Crippen LogP contribution in [0.2, 0.25) is 0 Å². The van der Waals surface area contributed by atoms with Crippen molar-refractivity contribution in [2.75, 3.05) is 0 Å². The molecule has 0 saturated heterocycles. The highest BCUT2D eigenvalue weighted by molar-refractivity contribution is 5.59. The standard InChI is InChI=1S/C17H13F3N2O/c1-11-5-7-12(8-6-11)15-10-22(16(23)21-15)14-4-2-3-13(9-14)17(18,19)20/h2-10H,1H3,(H,21,23). The van der Waals surface area contributed by atoms with Crippen LogP contribution in [-0.4, -0.2) is 9.55 Å². The molecule has 1 N–H and O–H groups in total. The summed E-state index contributed by atoms with van der Waals surface area (Å²) in [5, 5.41) is 0. The van der Waals surface area contributed by atoms with Crippen LogP contribution in [0, 0.1) is 6.92 Å². The zero-order chi connectivity index (χ0) is 16.6. The number of benzene rings is 2. The first kappa shape index (κ1) is 15.1. The van der Waals surface area contributed by atoms with E-state index in [1.165, 1.54) is 22.9 Å². The van der Waals surface area contributed by atoms with Gasteiger partial charge in [0.15, 0.2) is 0 Å². The first-order chi connectivity index (χ1) is 10.8. The third kappa shape index (κ3) is 3.06. The Hall–Kier alpha value is -2.76. The second-order valence-corrected chi connectivity index (χ2v) is 5.26. The number of aromatic amines is 1. The van der Waals surface area contributed by atoms with Gasteiger partial charge < -0.3 is 4.98 Å². The van der Waals surface area contributed by atoms with Crippen LogP contribution in [0.4, 0.5) is 13.2 Å². The molecule has 23 heavy (non-hydrogen) atoms. The average Bonchev–Trinajstić information content (AvgIpc) is 2.89. The van der Waals surface area contributed by atoms with Gasteiger partial charge in [-0.3, -0.25) is 4.57 Å². The molecule has 0 spiro atoms. The van der Waals surface area contributed by atoms with E-state index in [4.69, 9.17) is 0 Å². The molecule has 118 valence electrons. The summed E-state index contributed by atoms with van der Waals surface area (Å²) in [6.45, 7) is 1.94. The Labute approximate surface area is 130 Å². The molecule has 0 aliphatic heterocycles. The van der Waals surface area contributed by atoms with E-state index in [1.54, 1.807) is 0 Å². The summed E-state index contributed by atoms with van der Waals surface area (Å²) in [4.78, 5) is 14.7. The van der Waals surface area contributed by atoms with Crippen LogP contribution < -0.4 is 5.69 Å². The highest BCUT2D eigenvalue weighted by atomic mass is 19.4. The zero-order valence-corrected chi connectivity index (χ0v) is 12.2. The van der Waals surface area contributed by atoms with Crippen molar-refractivity contribution in [2.24, 2.45) is 0 Å². The largest absolute Gasteiger partial charge is 0.416 e. The van der Waals surface area contributed by atoms with Gasteiger partial charge in [-0.25, -0.2) is 4.79 Å². The number of aromatic nitrogens is 2. The van der Waals surface area contributed by atoms with E-state index in [1.807, 2.05) is 31.2 Å². The molecular weight excluding hydrogens is 305 g/mol. The van der Waals surface area contributed by atoms with Crippen molar-refractivity contribution in [3.63, 3.8) is 0 Å². The molecule has 1 heterocycles. The lowest BCUT2D eigenvalue weighted by molar-refractivity contribution is -0.137. The third-order valence-electron chi connectivity index (χ3n) is 3.53. The quantitative estimate of drug-likeness (QED) is 0.757. The molecule has 6 heteroatoms. The Morgan fingerprint density at radius 2 is 1.74 bits per heavy atom. The fourth-order valence-electron chi connectivity index (χ4n) is 2.30. The van der Waals surface area contributed by atoms with Crippen LogP contribution in [0.25, 0.3) is 16.9 Å². The van der Waals surface area contributed by atoms with Gasteiger partial charge in [0.2, 0.25) is 0 Å². The number of alkyl halides is 3. The third-order valence-corrected chi connectivity index (χ3v) is 3.53.